The molecule has 2 N–H and O–H groups in total. The van der Waals surface area contributed by atoms with Crippen LogP contribution in [-0.2, 0) is 0 Å². The fourth-order valence-corrected chi connectivity index (χ4v) is 7.92. The van der Waals surface area contributed by atoms with E-state index in [0.29, 0.717) is 0 Å². The molecule has 1 saturated heterocycles. The highest BCUT2D eigenvalue weighted by Gasteiger charge is 2.61. The average Bonchev–Trinajstić information content (AvgIpc) is 3.54. The molecule has 6 heteroatoms. The van der Waals surface area contributed by atoms with Crippen LogP contribution in [0.15, 0.2) is 126 Å². The van der Waals surface area contributed by atoms with Crippen LogP contribution in [0, 0.1) is 18.3 Å². The third-order valence-corrected chi connectivity index (χ3v) is 9.97. The number of aliphatic imine (C=N–C) groups is 1. The van der Waals surface area contributed by atoms with Crippen LogP contribution < -0.4 is 20.4 Å². The van der Waals surface area contributed by atoms with E-state index < -0.39 is 0 Å². The SMILES string of the molecule is CCC(C(C)C)(C1N(C)/C(=C/N)C(=NC(C)C)N1c1ccccc1)C1N(c2ccccc2)c2ccccc2N1c1ccccc1C. The summed E-state index contributed by atoms with van der Waals surface area (Å²) >= 11 is 0. The molecular weight excluding hydrogens is 564 g/mol. The van der Waals surface area contributed by atoms with E-state index >= 15 is 0 Å². The highest BCUT2D eigenvalue weighted by Crippen LogP contribution is 2.59. The number of anilines is 5. The van der Waals surface area contributed by atoms with Crippen molar-refractivity contribution in [3.63, 3.8) is 0 Å². The highest BCUT2D eigenvalue weighted by molar-refractivity contribution is 6.12. The van der Waals surface area contributed by atoms with Crippen molar-refractivity contribution in [1.29, 1.82) is 0 Å². The molecule has 0 aromatic heterocycles. The predicted molar refractivity (Wildman–Crippen MR) is 195 cm³/mol. The molecule has 238 valence electrons. The Balaban J connectivity index is 1.71. The number of hydrogen-bond acceptors (Lipinski definition) is 5. The lowest BCUT2D eigenvalue weighted by atomic mass is 9.67. The number of nitrogens with two attached hydrogens (primary N) is 1. The van der Waals surface area contributed by atoms with Gasteiger partial charge >= 0.3 is 0 Å². The normalized spacial score (nSPS) is 21.2. The number of aryl methyl sites for hydroxylation is 1. The molecule has 6 nitrogen and oxygen atoms in total. The van der Waals surface area contributed by atoms with E-state index in [-0.39, 0.29) is 29.7 Å². The van der Waals surface area contributed by atoms with Crippen LogP contribution in [0.5, 0.6) is 0 Å². The van der Waals surface area contributed by atoms with Gasteiger partial charge in [0.05, 0.1) is 22.5 Å². The fraction of sp³-hybridized carbons (Fsp3) is 0.325. The molecule has 4 aromatic carbocycles. The van der Waals surface area contributed by atoms with Gasteiger partial charge in [-0.2, -0.15) is 0 Å². The summed E-state index contributed by atoms with van der Waals surface area (Å²) in [6.45, 7) is 13.7. The molecule has 3 unspecified atom stereocenters. The molecule has 0 spiro atoms. The monoisotopic (exact) mass is 612 g/mol. The molecular formula is C40H48N6. The van der Waals surface area contributed by atoms with E-state index in [1.165, 1.54) is 28.3 Å². The Bertz CT molecular complexity index is 1710. The second kappa shape index (κ2) is 12.6. The molecule has 46 heavy (non-hydrogen) atoms. The van der Waals surface area contributed by atoms with E-state index in [9.17, 15) is 0 Å². The van der Waals surface area contributed by atoms with Gasteiger partial charge in [-0.25, -0.2) is 0 Å². The lowest BCUT2D eigenvalue weighted by Crippen LogP contribution is -2.65. The molecule has 2 heterocycles. The molecule has 1 fully saturated rings. The number of hydrogen-bond donors (Lipinski definition) is 1. The second-order valence-electron chi connectivity index (χ2n) is 13.1. The molecule has 0 bridgehead atoms. The Morgan fingerprint density at radius 1 is 0.696 bits per heavy atom. The Morgan fingerprint density at radius 3 is 1.70 bits per heavy atom. The topological polar surface area (TPSA) is 51.3 Å². The van der Waals surface area contributed by atoms with Gasteiger partial charge in [0, 0.05) is 36.4 Å². The zero-order chi connectivity index (χ0) is 32.6. The molecule has 6 rings (SSSR count). The minimum Gasteiger partial charge on any atom is -0.403 e. The minimum absolute atomic E-state index is 0.0884. The standard InChI is InChI=1S/C40H48N6/c1-8-40(28(2)3,38-43(7)36(27-41)37(42-29(4)5)45(38)32-22-13-10-14-23-32)39-44(31-20-11-9-12-21-31)34-25-17-18-26-35(34)46(39)33-24-16-15-19-30(33)6/h9-29,38-39H,8,41H2,1-7H3/b36-27+,42-37?. The summed E-state index contributed by atoms with van der Waals surface area (Å²) < 4.78 is 0. The fourth-order valence-electron chi connectivity index (χ4n) is 7.92. The number of likely N-dealkylation sites (N-methyl/N-ethyl adjacent to an activating group) is 1. The van der Waals surface area contributed by atoms with E-state index in [1.54, 1.807) is 6.20 Å². The maximum absolute atomic E-state index is 6.50. The van der Waals surface area contributed by atoms with E-state index in [2.05, 4.69) is 177 Å². The second-order valence-corrected chi connectivity index (χ2v) is 13.1. The molecule has 3 atom stereocenters. The summed E-state index contributed by atoms with van der Waals surface area (Å²) in [4.78, 5) is 15.3. The summed E-state index contributed by atoms with van der Waals surface area (Å²) in [5.41, 5.74) is 14.3. The number of rotatable bonds is 8. The maximum Gasteiger partial charge on any atom is 0.155 e. The largest absolute Gasteiger partial charge is 0.403 e. The average molecular weight is 613 g/mol. The Morgan fingerprint density at radius 2 is 1.20 bits per heavy atom. The third-order valence-electron chi connectivity index (χ3n) is 9.97. The summed E-state index contributed by atoms with van der Waals surface area (Å²) in [6, 6.07) is 39.4. The predicted octanol–water partition coefficient (Wildman–Crippen LogP) is 9.05. The van der Waals surface area contributed by atoms with Gasteiger partial charge < -0.3 is 25.3 Å². The van der Waals surface area contributed by atoms with Crippen molar-refractivity contribution in [1.82, 2.24) is 4.90 Å². The number of fused-ring (bicyclic) bond motifs is 1. The smallest absolute Gasteiger partial charge is 0.155 e. The third kappa shape index (κ3) is 4.91. The minimum atomic E-state index is -0.357. The summed E-state index contributed by atoms with van der Waals surface area (Å²) in [7, 11) is 2.20. The van der Waals surface area contributed by atoms with Gasteiger partial charge in [0.25, 0.3) is 0 Å². The first-order valence-electron chi connectivity index (χ1n) is 16.6. The lowest BCUT2D eigenvalue weighted by molar-refractivity contribution is 0.0442. The maximum atomic E-state index is 6.50. The van der Waals surface area contributed by atoms with Crippen molar-refractivity contribution in [2.75, 3.05) is 21.7 Å². The van der Waals surface area contributed by atoms with Crippen molar-refractivity contribution in [2.24, 2.45) is 22.1 Å². The zero-order valence-electron chi connectivity index (χ0n) is 28.3. The van der Waals surface area contributed by atoms with Crippen LogP contribution in [0.4, 0.5) is 28.4 Å². The molecule has 0 saturated carbocycles. The van der Waals surface area contributed by atoms with Crippen LogP contribution in [0.3, 0.4) is 0 Å². The number of para-hydroxylation sites is 5. The van der Waals surface area contributed by atoms with E-state index in [0.717, 1.165) is 23.6 Å². The van der Waals surface area contributed by atoms with Gasteiger partial charge in [0.2, 0.25) is 0 Å². The molecule has 0 radical (unpaired) electrons. The summed E-state index contributed by atoms with van der Waals surface area (Å²) in [6.07, 6.45) is 2.45. The molecule has 4 aromatic rings. The summed E-state index contributed by atoms with van der Waals surface area (Å²) in [5, 5.41) is 0. The molecule has 2 aliphatic heterocycles. The van der Waals surface area contributed by atoms with Crippen LogP contribution in [-0.4, -0.2) is 36.2 Å². The van der Waals surface area contributed by atoms with Gasteiger partial charge in [-0.05, 0) is 81.1 Å². The van der Waals surface area contributed by atoms with Crippen LogP contribution in [0.1, 0.15) is 46.6 Å². The van der Waals surface area contributed by atoms with Crippen molar-refractivity contribution in [3.8, 4) is 0 Å². The first-order chi connectivity index (χ1) is 22.3. The lowest BCUT2D eigenvalue weighted by Gasteiger charge is -2.55. The van der Waals surface area contributed by atoms with Crippen molar-refractivity contribution in [2.45, 2.75) is 66.3 Å². The summed E-state index contributed by atoms with van der Waals surface area (Å²) in [5.74, 6) is 1.16. The van der Waals surface area contributed by atoms with Crippen molar-refractivity contribution < 1.29 is 0 Å². The van der Waals surface area contributed by atoms with E-state index in [1.807, 2.05) is 0 Å². The van der Waals surface area contributed by atoms with Crippen molar-refractivity contribution in [3.05, 3.63) is 127 Å². The van der Waals surface area contributed by atoms with Gasteiger partial charge in [-0.15, -0.1) is 0 Å². The van der Waals surface area contributed by atoms with Gasteiger partial charge in [-0.1, -0.05) is 87.5 Å². The number of nitrogens with zero attached hydrogens (tertiary/aromatic N) is 5. The Labute approximate surface area is 275 Å². The van der Waals surface area contributed by atoms with Crippen LogP contribution >= 0.6 is 0 Å². The van der Waals surface area contributed by atoms with Crippen LogP contribution in [0.25, 0.3) is 0 Å². The first-order valence-corrected chi connectivity index (χ1v) is 16.6. The highest BCUT2D eigenvalue weighted by atomic mass is 15.5. The zero-order valence-corrected chi connectivity index (χ0v) is 28.3. The van der Waals surface area contributed by atoms with Crippen molar-refractivity contribution >= 4 is 34.3 Å². The molecule has 0 aliphatic carbocycles. The Kier molecular flexibility index (Phi) is 8.56. The van der Waals surface area contributed by atoms with E-state index in [4.69, 9.17) is 10.7 Å². The Hall–Kier alpha value is -4.71. The van der Waals surface area contributed by atoms with Gasteiger partial charge in [0.1, 0.15) is 12.3 Å². The van der Waals surface area contributed by atoms with Gasteiger partial charge in [0.15, 0.2) is 5.84 Å². The number of amidine groups is 1. The quantitative estimate of drug-likeness (QED) is 0.215. The van der Waals surface area contributed by atoms with Gasteiger partial charge in [-0.3, -0.25) is 4.99 Å². The molecule has 0 amide bonds. The first kappa shape index (κ1) is 31.3. The molecule has 2 aliphatic rings. The van der Waals surface area contributed by atoms with Crippen LogP contribution in [0.2, 0.25) is 0 Å². The number of benzene rings is 4.